The number of pyridine rings is 1. The van der Waals surface area contributed by atoms with Gasteiger partial charge in [0.25, 0.3) is 0 Å². The van der Waals surface area contributed by atoms with Gasteiger partial charge < -0.3 is 14.6 Å². The van der Waals surface area contributed by atoms with Gasteiger partial charge in [0.05, 0.1) is 19.0 Å². The SMILES string of the molecule is CC(C)(C)c1nc(N2CCC(O)C2)c2ncn(Cc3cccnc3Cl)c2n1. The van der Waals surface area contributed by atoms with Crippen LogP contribution in [0.5, 0.6) is 0 Å². The van der Waals surface area contributed by atoms with Crippen molar-refractivity contribution in [3.8, 4) is 0 Å². The van der Waals surface area contributed by atoms with E-state index in [1.807, 2.05) is 16.7 Å². The second-order valence-electron chi connectivity index (χ2n) is 8.01. The smallest absolute Gasteiger partial charge is 0.166 e. The molecule has 4 heterocycles. The van der Waals surface area contributed by atoms with Gasteiger partial charge in [-0.3, -0.25) is 0 Å². The van der Waals surface area contributed by atoms with Crippen LogP contribution < -0.4 is 4.90 Å². The molecule has 1 atom stereocenters. The Morgan fingerprint density at radius 2 is 2.07 bits per heavy atom. The fourth-order valence-electron chi connectivity index (χ4n) is 3.26. The third-order valence-corrected chi connectivity index (χ3v) is 5.10. The minimum Gasteiger partial charge on any atom is -0.391 e. The van der Waals surface area contributed by atoms with Crippen molar-refractivity contribution < 1.29 is 5.11 Å². The Morgan fingerprint density at radius 1 is 1.26 bits per heavy atom. The summed E-state index contributed by atoms with van der Waals surface area (Å²) in [6, 6.07) is 3.82. The molecule has 3 aromatic heterocycles. The zero-order chi connectivity index (χ0) is 19.2. The minimum atomic E-state index is -0.329. The van der Waals surface area contributed by atoms with Gasteiger partial charge in [-0.05, 0) is 12.5 Å². The molecule has 0 amide bonds. The molecule has 1 N–H and O–H groups in total. The van der Waals surface area contributed by atoms with Crippen LogP contribution in [0.15, 0.2) is 24.7 Å². The number of β-amino-alcohol motifs (C(OH)–C–C–N with tert-alkyl or cyclic N) is 1. The van der Waals surface area contributed by atoms with Gasteiger partial charge in [-0.2, -0.15) is 0 Å². The van der Waals surface area contributed by atoms with Crippen molar-refractivity contribution in [1.29, 1.82) is 0 Å². The van der Waals surface area contributed by atoms with E-state index in [1.54, 1.807) is 12.5 Å². The van der Waals surface area contributed by atoms with E-state index in [4.69, 9.17) is 21.6 Å². The van der Waals surface area contributed by atoms with Gasteiger partial charge in [-0.15, -0.1) is 0 Å². The zero-order valence-corrected chi connectivity index (χ0v) is 16.5. The first kappa shape index (κ1) is 18.1. The predicted molar refractivity (Wildman–Crippen MR) is 105 cm³/mol. The molecule has 142 valence electrons. The van der Waals surface area contributed by atoms with E-state index in [1.165, 1.54) is 0 Å². The van der Waals surface area contributed by atoms with E-state index in [9.17, 15) is 5.11 Å². The van der Waals surface area contributed by atoms with Gasteiger partial charge >= 0.3 is 0 Å². The second-order valence-corrected chi connectivity index (χ2v) is 8.37. The molecule has 0 aromatic carbocycles. The molecule has 3 aromatic rings. The van der Waals surface area contributed by atoms with E-state index in [0.29, 0.717) is 18.2 Å². The van der Waals surface area contributed by atoms with Crippen molar-refractivity contribution in [1.82, 2.24) is 24.5 Å². The lowest BCUT2D eigenvalue weighted by Gasteiger charge is -2.22. The normalized spacial score (nSPS) is 17.8. The van der Waals surface area contributed by atoms with Crippen LogP contribution in [0.3, 0.4) is 0 Å². The number of aliphatic hydroxyl groups excluding tert-OH is 1. The maximum absolute atomic E-state index is 9.96. The van der Waals surface area contributed by atoms with E-state index in [2.05, 4.69) is 35.6 Å². The number of imidazole rings is 1. The predicted octanol–water partition coefficient (Wildman–Crippen LogP) is 2.79. The summed E-state index contributed by atoms with van der Waals surface area (Å²) in [4.78, 5) is 20.5. The molecule has 0 aliphatic carbocycles. The summed E-state index contributed by atoms with van der Waals surface area (Å²) in [5, 5.41) is 10.4. The summed E-state index contributed by atoms with van der Waals surface area (Å²) in [7, 11) is 0. The first-order chi connectivity index (χ1) is 12.8. The minimum absolute atomic E-state index is 0.206. The lowest BCUT2D eigenvalue weighted by molar-refractivity contribution is 0.198. The highest BCUT2D eigenvalue weighted by Crippen LogP contribution is 2.30. The van der Waals surface area contributed by atoms with Gasteiger partial charge in [0.15, 0.2) is 17.0 Å². The third kappa shape index (κ3) is 3.49. The molecular weight excluding hydrogens is 364 g/mol. The Bertz CT molecular complexity index is 980. The van der Waals surface area contributed by atoms with Gasteiger partial charge in [0.1, 0.15) is 11.0 Å². The largest absolute Gasteiger partial charge is 0.391 e. The van der Waals surface area contributed by atoms with E-state index < -0.39 is 0 Å². The monoisotopic (exact) mass is 386 g/mol. The van der Waals surface area contributed by atoms with E-state index in [0.717, 1.165) is 41.3 Å². The molecule has 7 nitrogen and oxygen atoms in total. The standard InChI is InChI=1S/C19H23ClN6O/c1-19(2,3)18-23-16(25-8-6-13(27)10-25)14-17(24-18)26(11-22-14)9-12-5-4-7-21-15(12)20/h4-5,7,11,13,27H,6,8-10H2,1-3H3. The van der Waals surface area contributed by atoms with Gasteiger partial charge in [0.2, 0.25) is 0 Å². The number of fused-ring (bicyclic) bond motifs is 1. The highest BCUT2D eigenvalue weighted by molar-refractivity contribution is 6.30. The molecule has 0 bridgehead atoms. The summed E-state index contributed by atoms with van der Waals surface area (Å²) < 4.78 is 1.98. The highest BCUT2D eigenvalue weighted by atomic mass is 35.5. The van der Waals surface area contributed by atoms with Crippen LogP contribution in [0, 0.1) is 0 Å². The molecule has 1 aliphatic heterocycles. The third-order valence-electron chi connectivity index (χ3n) is 4.76. The van der Waals surface area contributed by atoms with Crippen LogP contribution in [0.25, 0.3) is 11.2 Å². The molecule has 0 saturated carbocycles. The summed E-state index contributed by atoms with van der Waals surface area (Å²) in [5.74, 6) is 1.54. The molecule has 27 heavy (non-hydrogen) atoms. The number of nitrogens with zero attached hydrogens (tertiary/aromatic N) is 6. The number of anilines is 1. The topological polar surface area (TPSA) is 80.0 Å². The average molecular weight is 387 g/mol. The zero-order valence-electron chi connectivity index (χ0n) is 15.7. The van der Waals surface area contributed by atoms with E-state index >= 15 is 0 Å². The van der Waals surface area contributed by atoms with Gasteiger partial charge in [-0.1, -0.05) is 38.4 Å². The maximum atomic E-state index is 9.96. The van der Waals surface area contributed by atoms with Crippen molar-refractivity contribution in [3.63, 3.8) is 0 Å². The fourth-order valence-corrected chi connectivity index (χ4v) is 3.44. The summed E-state index contributed by atoms with van der Waals surface area (Å²) in [6.45, 7) is 8.14. The van der Waals surface area contributed by atoms with E-state index in [-0.39, 0.29) is 11.5 Å². The van der Waals surface area contributed by atoms with Crippen molar-refractivity contribution in [2.24, 2.45) is 0 Å². The van der Waals surface area contributed by atoms with Crippen LogP contribution in [0.2, 0.25) is 5.15 Å². The Balaban J connectivity index is 1.84. The van der Waals surface area contributed by atoms with Gasteiger partial charge in [0, 0.05) is 30.3 Å². The number of hydrogen-bond acceptors (Lipinski definition) is 6. The lowest BCUT2D eigenvalue weighted by atomic mass is 9.96. The fraction of sp³-hybridized carbons (Fsp3) is 0.474. The van der Waals surface area contributed by atoms with Crippen LogP contribution >= 0.6 is 11.6 Å². The number of aliphatic hydroxyl groups is 1. The quantitative estimate of drug-likeness (QED) is 0.697. The highest BCUT2D eigenvalue weighted by Gasteiger charge is 2.28. The van der Waals surface area contributed by atoms with Crippen molar-refractivity contribution >= 4 is 28.6 Å². The van der Waals surface area contributed by atoms with Crippen molar-refractivity contribution in [2.45, 2.75) is 45.3 Å². The van der Waals surface area contributed by atoms with Crippen LogP contribution in [0.4, 0.5) is 5.82 Å². The van der Waals surface area contributed by atoms with Crippen LogP contribution in [-0.4, -0.2) is 48.8 Å². The summed E-state index contributed by atoms with van der Waals surface area (Å²) in [6.07, 6.45) is 3.85. The molecule has 0 spiro atoms. The summed E-state index contributed by atoms with van der Waals surface area (Å²) in [5.41, 5.74) is 2.22. The first-order valence-corrected chi connectivity index (χ1v) is 9.46. The Hall–Kier alpha value is -2.25. The molecule has 1 aliphatic rings. The number of aromatic nitrogens is 5. The lowest BCUT2D eigenvalue weighted by Crippen LogP contribution is -2.25. The molecule has 0 radical (unpaired) electrons. The molecule has 1 saturated heterocycles. The Morgan fingerprint density at radius 3 is 2.74 bits per heavy atom. The van der Waals surface area contributed by atoms with Crippen LogP contribution in [-0.2, 0) is 12.0 Å². The van der Waals surface area contributed by atoms with Crippen molar-refractivity contribution in [3.05, 3.63) is 41.2 Å². The molecule has 8 heteroatoms. The average Bonchev–Trinajstić information content (AvgIpc) is 3.22. The molecule has 1 fully saturated rings. The summed E-state index contributed by atoms with van der Waals surface area (Å²) >= 11 is 6.23. The number of hydrogen-bond donors (Lipinski definition) is 1. The first-order valence-electron chi connectivity index (χ1n) is 9.08. The Labute approximate surface area is 163 Å². The van der Waals surface area contributed by atoms with Crippen LogP contribution in [0.1, 0.15) is 38.6 Å². The Kier molecular flexibility index (Phi) is 4.52. The molecule has 1 unspecified atom stereocenters. The second kappa shape index (κ2) is 6.73. The maximum Gasteiger partial charge on any atom is 0.166 e. The molecule has 4 rings (SSSR count). The van der Waals surface area contributed by atoms with Gasteiger partial charge in [-0.25, -0.2) is 19.9 Å². The molecular formula is C19H23ClN6O. The van der Waals surface area contributed by atoms with Crippen molar-refractivity contribution in [2.75, 3.05) is 18.0 Å². The number of halogens is 1. The number of rotatable bonds is 3.